The van der Waals surface area contributed by atoms with Gasteiger partial charge in [-0.1, -0.05) is 30.3 Å². The van der Waals surface area contributed by atoms with Crippen LogP contribution in [0.1, 0.15) is 11.4 Å². The molecule has 0 atom stereocenters. The van der Waals surface area contributed by atoms with E-state index >= 15 is 0 Å². The summed E-state index contributed by atoms with van der Waals surface area (Å²) in [7, 11) is 0. The first-order valence-corrected chi connectivity index (χ1v) is 7.25. The SMILES string of the molecule is N#C/C(=C\c1ccc2cccnc2c1)c1nc2ccccc2[nH]1. The summed E-state index contributed by atoms with van der Waals surface area (Å²) in [4.78, 5) is 12.0. The highest BCUT2D eigenvalue weighted by molar-refractivity contribution is 5.92. The minimum absolute atomic E-state index is 0.497. The Morgan fingerprint density at radius 3 is 2.83 bits per heavy atom. The van der Waals surface area contributed by atoms with Gasteiger partial charge in [-0.2, -0.15) is 5.26 Å². The largest absolute Gasteiger partial charge is 0.337 e. The number of para-hydroxylation sites is 2. The first-order valence-electron chi connectivity index (χ1n) is 7.25. The summed E-state index contributed by atoms with van der Waals surface area (Å²) in [6.45, 7) is 0. The second kappa shape index (κ2) is 5.39. The van der Waals surface area contributed by atoms with E-state index in [0.29, 0.717) is 11.4 Å². The minimum Gasteiger partial charge on any atom is -0.337 e. The summed E-state index contributed by atoms with van der Waals surface area (Å²) in [6.07, 6.45) is 3.59. The maximum absolute atomic E-state index is 9.49. The monoisotopic (exact) mass is 296 g/mol. The Kier molecular flexibility index (Phi) is 3.10. The Labute approximate surface area is 132 Å². The molecule has 1 N–H and O–H groups in total. The van der Waals surface area contributed by atoms with Crippen LogP contribution in [0.4, 0.5) is 0 Å². The molecule has 2 aromatic carbocycles. The van der Waals surface area contributed by atoms with E-state index in [4.69, 9.17) is 0 Å². The van der Waals surface area contributed by atoms with Crippen molar-refractivity contribution in [3.05, 3.63) is 72.2 Å². The van der Waals surface area contributed by atoms with Gasteiger partial charge >= 0.3 is 0 Å². The zero-order valence-electron chi connectivity index (χ0n) is 12.2. The number of benzene rings is 2. The van der Waals surface area contributed by atoms with E-state index in [-0.39, 0.29) is 0 Å². The first-order chi connectivity index (χ1) is 11.3. The zero-order valence-corrected chi connectivity index (χ0v) is 12.2. The highest BCUT2D eigenvalue weighted by Gasteiger charge is 2.07. The Hall–Kier alpha value is -3.45. The van der Waals surface area contributed by atoms with Crippen molar-refractivity contribution in [1.29, 1.82) is 5.26 Å². The van der Waals surface area contributed by atoms with Crippen LogP contribution in [0.25, 0.3) is 33.6 Å². The third-order valence-electron chi connectivity index (χ3n) is 3.71. The normalized spacial score (nSPS) is 11.7. The molecule has 2 aromatic heterocycles. The number of aromatic nitrogens is 3. The minimum atomic E-state index is 0.497. The molecule has 0 saturated heterocycles. The van der Waals surface area contributed by atoms with Crippen molar-refractivity contribution in [2.24, 2.45) is 0 Å². The summed E-state index contributed by atoms with van der Waals surface area (Å²) in [5, 5.41) is 10.6. The number of nitrogens with zero attached hydrogens (tertiary/aromatic N) is 3. The van der Waals surface area contributed by atoms with Gasteiger partial charge in [0.25, 0.3) is 0 Å². The summed E-state index contributed by atoms with van der Waals surface area (Å²) in [6, 6.07) is 19.8. The molecule has 4 nitrogen and oxygen atoms in total. The van der Waals surface area contributed by atoms with Crippen molar-refractivity contribution in [2.75, 3.05) is 0 Å². The number of imidazole rings is 1. The Bertz CT molecular complexity index is 1050. The van der Waals surface area contributed by atoms with Crippen LogP contribution >= 0.6 is 0 Å². The van der Waals surface area contributed by atoms with E-state index in [2.05, 4.69) is 21.0 Å². The molecule has 0 unspecified atom stereocenters. The number of fused-ring (bicyclic) bond motifs is 2. The summed E-state index contributed by atoms with van der Waals surface area (Å²) >= 11 is 0. The van der Waals surface area contributed by atoms with Gasteiger partial charge in [-0.25, -0.2) is 4.98 Å². The highest BCUT2D eigenvalue weighted by atomic mass is 14.9. The fourth-order valence-electron chi connectivity index (χ4n) is 2.57. The zero-order chi connectivity index (χ0) is 15.6. The van der Waals surface area contributed by atoms with E-state index in [0.717, 1.165) is 27.5 Å². The smallest absolute Gasteiger partial charge is 0.149 e. The lowest BCUT2D eigenvalue weighted by molar-refractivity contribution is 1.27. The Balaban J connectivity index is 1.81. The summed E-state index contributed by atoms with van der Waals surface area (Å²) in [5.41, 5.74) is 4.10. The second-order valence-corrected chi connectivity index (χ2v) is 5.23. The topological polar surface area (TPSA) is 65.4 Å². The maximum atomic E-state index is 9.49. The standard InChI is InChI=1S/C19H12N4/c20-12-15(19-22-16-5-1-2-6-17(16)23-19)10-13-7-8-14-4-3-9-21-18(14)11-13/h1-11H,(H,22,23)/b15-10+. The van der Waals surface area contributed by atoms with Crippen LogP contribution in [0.3, 0.4) is 0 Å². The molecule has 4 aromatic rings. The fourth-order valence-corrected chi connectivity index (χ4v) is 2.57. The first kappa shape index (κ1) is 13.2. The molecule has 0 fully saturated rings. The number of nitrogens with one attached hydrogen (secondary N) is 1. The molecular weight excluding hydrogens is 284 g/mol. The lowest BCUT2D eigenvalue weighted by atomic mass is 10.1. The van der Waals surface area contributed by atoms with Crippen LogP contribution in [-0.4, -0.2) is 15.0 Å². The molecule has 0 saturated carbocycles. The van der Waals surface area contributed by atoms with Gasteiger partial charge in [0.1, 0.15) is 11.9 Å². The van der Waals surface area contributed by atoms with Crippen molar-refractivity contribution in [2.45, 2.75) is 0 Å². The predicted octanol–water partition coefficient (Wildman–Crippen LogP) is 4.18. The molecule has 0 amide bonds. The molecule has 4 rings (SSSR count). The Morgan fingerprint density at radius 1 is 1.04 bits per heavy atom. The molecule has 0 aliphatic heterocycles. The van der Waals surface area contributed by atoms with E-state index in [1.54, 1.807) is 6.20 Å². The van der Waals surface area contributed by atoms with Crippen LogP contribution in [0.5, 0.6) is 0 Å². The number of rotatable bonds is 2. The molecule has 23 heavy (non-hydrogen) atoms. The summed E-state index contributed by atoms with van der Waals surface area (Å²) < 4.78 is 0. The van der Waals surface area contributed by atoms with Crippen molar-refractivity contribution < 1.29 is 0 Å². The van der Waals surface area contributed by atoms with Crippen LogP contribution in [0.2, 0.25) is 0 Å². The van der Waals surface area contributed by atoms with Crippen LogP contribution in [-0.2, 0) is 0 Å². The van der Waals surface area contributed by atoms with Crippen LogP contribution < -0.4 is 0 Å². The van der Waals surface area contributed by atoms with E-state index in [1.807, 2.05) is 60.7 Å². The average Bonchev–Trinajstić information content (AvgIpc) is 3.03. The van der Waals surface area contributed by atoms with Gasteiger partial charge in [0.2, 0.25) is 0 Å². The Morgan fingerprint density at radius 2 is 1.96 bits per heavy atom. The van der Waals surface area contributed by atoms with Gasteiger partial charge in [-0.05, 0) is 35.9 Å². The highest BCUT2D eigenvalue weighted by Crippen LogP contribution is 2.21. The van der Waals surface area contributed by atoms with Gasteiger partial charge in [-0.3, -0.25) is 4.98 Å². The third kappa shape index (κ3) is 2.45. The van der Waals surface area contributed by atoms with Gasteiger partial charge < -0.3 is 4.98 Å². The van der Waals surface area contributed by atoms with Gasteiger partial charge in [0.15, 0.2) is 0 Å². The number of allylic oxidation sites excluding steroid dienone is 1. The molecule has 0 aliphatic carbocycles. The van der Waals surface area contributed by atoms with Gasteiger partial charge in [0.05, 0.1) is 22.1 Å². The number of aromatic amines is 1. The van der Waals surface area contributed by atoms with Crippen molar-refractivity contribution in [1.82, 2.24) is 15.0 Å². The lowest BCUT2D eigenvalue weighted by Crippen LogP contribution is -1.85. The predicted molar refractivity (Wildman–Crippen MR) is 91.3 cm³/mol. The number of pyridine rings is 1. The number of hydrogen-bond donors (Lipinski definition) is 1. The van der Waals surface area contributed by atoms with Crippen LogP contribution in [0, 0.1) is 11.3 Å². The van der Waals surface area contributed by atoms with E-state index in [9.17, 15) is 5.26 Å². The fraction of sp³-hybridized carbons (Fsp3) is 0. The molecule has 0 spiro atoms. The van der Waals surface area contributed by atoms with Gasteiger partial charge in [0, 0.05) is 11.6 Å². The van der Waals surface area contributed by atoms with Gasteiger partial charge in [-0.15, -0.1) is 0 Å². The number of hydrogen-bond acceptors (Lipinski definition) is 3. The molecular formula is C19H12N4. The molecule has 0 aliphatic rings. The quantitative estimate of drug-likeness (QED) is 0.564. The lowest BCUT2D eigenvalue weighted by Gasteiger charge is -1.99. The third-order valence-corrected chi connectivity index (χ3v) is 3.71. The van der Waals surface area contributed by atoms with E-state index < -0.39 is 0 Å². The van der Waals surface area contributed by atoms with Crippen molar-refractivity contribution in [3.8, 4) is 6.07 Å². The molecule has 108 valence electrons. The maximum Gasteiger partial charge on any atom is 0.149 e. The van der Waals surface area contributed by atoms with E-state index in [1.165, 1.54) is 0 Å². The van der Waals surface area contributed by atoms with Crippen molar-refractivity contribution >= 4 is 33.6 Å². The second-order valence-electron chi connectivity index (χ2n) is 5.23. The summed E-state index contributed by atoms with van der Waals surface area (Å²) in [5.74, 6) is 0.579. The van der Waals surface area contributed by atoms with Crippen LogP contribution in [0.15, 0.2) is 60.8 Å². The number of H-pyrrole nitrogens is 1. The number of nitriles is 1. The average molecular weight is 296 g/mol. The van der Waals surface area contributed by atoms with Crippen molar-refractivity contribution in [3.63, 3.8) is 0 Å². The molecule has 2 heterocycles. The molecule has 0 radical (unpaired) electrons. The molecule has 0 bridgehead atoms. The molecule has 4 heteroatoms.